The molecule has 0 aliphatic heterocycles. The molecular weight excluding hydrogens is 223 g/mol. The molecule has 0 bridgehead atoms. The van der Waals surface area contributed by atoms with E-state index >= 15 is 0 Å². The number of methoxy groups -OCH3 is 1. The van der Waals surface area contributed by atoms with Gasteiger partial charge in [-0.25, -0.2) is 4.39 Å². The van der Waals surface area contributed by atoms with Gasteiger partial charge in [-0.2, -0.15) is 0 Å². The maximum atomic E-state index is 12.4. The van der Waals surface area contributed by atoms with Gasteiger partial charge < -0.3 is 4.74 Å². The van der Waals surface area contributed by atoms with E-state index in [0.29, 0.717) is 10.2 Å². The molecule has 1 nitrogen and oxygen atoms in total. The molecule has 1 aromatic carbocycles. The lowest BCUT2D eigenvalue weighted by Crippen LogP contribution is -1.84. The lowest BCUT2D eigenvalue weighted by molar-refractivity contribution is 0.411. The first-order chi connectivity index (χ1) is 5.74. The summed E-state index contributed by atoms with van der Waals surface area (Å²) in [6.45, 7) is 4.00. The van der Waals surface area contributed by atoms with E-state index < -0.39 is 0 Å². The van der Waals surface area contributed by atoms with Crippen LogP contribution in [0.25, 0.3) is 0 Å². The van der Waals surface area contributed by atoms with Gasteiger partial charge in [-0.05, 0) is 34.1 Å². The molecule has 0 aromatic heterocycles. The molecule has 3 heteroatoms. The molecule has 0 saturated carbocycles. The minimum absolute atomic E-state index is 0.271. The fourth-order valence-corrected chi connectivity index (χ4v) is 1.15. The van der Waals surface area contributed by atoms with E-state index in [0.717, 1.165) is 0 Å². The summed E-state index contributed by atoms with van der Waals surface area (Å²) in [6.07, 6.45) is 0. The molecule has 0 unspecified atom stereocenters. The highest BCUT2D eigenvalue weighted by atomic mass is 79.9. The van der Waals surface area contributed by atoms with Crippen LogP contribution in [0.4, 0.5) is 4.39 Å². The first-order valence-electron chi connectivity index (χ1n) is 3.73. The molecule has 0 atom stereocenters. The quantitative estimate of drug-likeness (QED) is 0.722. The Balaban J connectivity index is 0.000000561. The minimum Gasteiger partial charge on any atom is -0.496 e. The summed E-state index contributed by atoms with van der Waals surface area (Å²) in [6, 6.07) is 4.28. The Kier molecular flexibility index (Phi) is 5.72. The van der Waals surface area contributed by atoms with E-state index in [4.69, 9.17) is 4.74 Å². The molecule has 1 aromatic rings. The maximum absolute atomic E-state index is 12.4. The second kappa shape index (κ2) is 6.00. The maximum Gasteiger partial charge on any atom is 0.133 e. The number of halogens is 2. The summed E-state index contributed by atoms with van der Waals surface area (Å²) in [7, 11) is 1.54. The molecule has 0 heterocycles. The number of hydrogen-bond donors (Lipinski definition) is 0. The molecule has 0 radical (unpaired) electrons. The highest BCUT2D eigenvalue weighted by Gasteiger charge is 1.98. The Bertz CT molecular complexity index is 238. The summed E-state index contributed by atoms with van der Waals surface area (Å²) >= 11 is 3.14. The monoisotopic (exact) mass is 234 g/mol. The van der Waals surface area contributed by atoms with Crippen LogP contribution in [0.1, 0.15) is 13.8 Å². The van der Waals surface area contributed by atoms with Gasteiger partial charge in [-0.15, -0.1) is 0 Å². The summed E-state index contributed by atoms with van der Waals surface area (Å²) < 4.78 is 17.9. The van der Waals surface area contributed by atoms with Crippen LogP contribution < -0.4 is 4.74 Å². The molecule has 0 spiro atoms. The van der Waals surface area contributed by atoms with Crippen molar-refractivity contribution in [1.29, 1.82) is 0 Å². The summed E-state index contributed by atoms with van der Waals surface area (Å²) in [5.74, 6) is 0.370. The van der Waals surface area contributed by atoms with Crippen LogP contribution in [-0.2, 0) is 0 Å². The standard InChI is InChI=1S/C7H6BrFO.C2H6/c1-10-7-3-2-5(9)4-6(7)8;1-2/h2-4H,1H3;1-2H3. The minimum atomic E-state index is -0.271. The SMILES string of the molecule is CC.COc1ccc(F)cc1Br. The first kappa shape index (κ1) is 11.4. The molecule has 12 heavy (non-hydrogen) atoms. The lowest BCUT2D eigenvalue weighted by atomic mass is 10.3. The molecule has 0 saturated heterocycles. The van der Waals surface area contributed by atoms with Crippen LogP contribution >= 0.6 is 15.9 Å². The van der Waals surface area contributed by atoms with Crippen molar-refractivity contribution in [2.45, 2.75) is 13.8 Å². The van der Waals surface area contributed by atoms with Crippen LogP contribution in [0.3, 0.4) is 0 Å². The van der Waals surface area contributed by atoms with Gasteiger partial charge in [0.1, 0.15) is 11.6 Å². The third-order valence-corrected chi connectivity index (χ3v) is 1.73. The van der Waals surface area contributed by atoms with Gasteiger partial charge in [0.05, 0.1) is 11.6 Å². The van der Waals surface area contributed by atoms with Crippen molar-refractivity contribution in [1.82, 2.24) is 0 Å². The van der Waals surface area contributed by atoms with Crippen molar-refractivity contribution in [3.8, 4) is 5.75 Å². The van der Waals surface area contributed by atoms with Gasteiger partial charge in [0.2, 0.25) is 0 Å². The molecule has 0 fully saturated rings. The van der Waals surface area contributed by atoms with Crippen molar-refractivity contribution < 1.29 is 9.13 Å². The van der Waals surface area contributed by atoms with E-state index in [1.165, 1.54) is 19.2 Å². The second-order valence-corrected chi connectivity index (χ2v) is 2.63. The normalized spacial score (nSPS) is 8.42. The van der Waals surface area contributed by atoms with Gasteiger partial charge in [-0.3, -0.25) is 0 Å². The highest BCUT2D eigenvalue weighted by Crippen LogP contribution is 2.24. The average Bonchev–Trinajstić information content (AvgIpc) is 2.08. The Morgan fingerprint density at radius 3 is 2.33 bits per heavy atom. The van der Waals surface area contributed by atoms with Crippen molar-refractivity contribution >= 4 is 15.9 Å². The fraction of sp³-hybridized carbons (Fsp3) is 0.333. The van der Waals surface area contributed by atoms with E-state index in [2.05, 4.69) is 15.9 Å². The zero-order valence-corrected chi connectivity index (χ0v) is 8.98. The molecule has 0 aliphatic rings. The van der Waals surface area contributed by atoms with Gasteiger partial charge >= 0.3 is 0 Å². The molecule has 0 amide bonds. The molecule has 0 N–H and O–H groups in total. The van der Waals surface area contributed by atoms with Crippen LogP contribution in [0.5, 0.6) is 5.75 Å². The van der Waals surface area contributed by atoms with E-state index in [-0.39, 0.29) is 5.82 Å². The van der Waals surface area contributed by atoms with Crippen LogP contribution in [-0.4, -0.2) is 7.11 Å². The zero-order valence-electron chi connectivity index (χ0n) is 7.40. The third-order valence-electron chi connectivity index (χ3n) is 1.11. The Hall–Kier alpha value is -0.570. The van der Waals surface area contributed by atoms with E-state index in [9.17, 15) is 4.39 Å². The molecule has 1 rings (SSSR count). The fourth-order valence-electron chi connectivity index (χ4n) is 0.641. The molecular formula is C9H12BrFO. The summed E-state index contributed by atoms with van der Waals surface area (Å²) in [5, 5.41) is 0. The largest absolute Gasteiger partial charge is 0.496 e. The molecule has 68 valence electrons. The van der Waals surface area contributed by atoms with Crippen molar-refractivity contribution in [3.63, 3.8) is 0 Å². The Morgan fingerprint density at radius 1 is 1.33 bits per heavy atom. The van der Waals surface area contributed by atoms with Gasteiger partial charge in [0.15, 0.2) is 0 Å². The van der Waals surface area contributed by atoms with Gasteiger partial charge in [0, 0.05) is 0 Å². The predicted molar refractivity (Wildman–Crippen MR) is 52.0 cm³/mol. The highest BCUT2D eigenvalue weighted by molar-refractivity contribution is 9.10. The smallest absolute Gasteiger partial charge is 0.133 e. The van der Waals surface area contributed by atoms with E-state index in [1.54, 1.807) is 6.07 Å². The third kappa shape index (κ3) is 3.22. The van der Waals surface area contributed by atoms with Crippen molar-refractivity contribution in [2.75, 3.05) is 7.11 Å². The van der Waals surface area contributed by atoms with Gasteiger partial charge in [0.25, 0.3) is 0 Å². The van der Waals surface area contributed by atoms with Crippen molar-refractivity contribution in [3.05, 3.63) is 28.5 Å². The summed E-state index contributed by atoms with van der Waals surface area (Å²) in [4.78, 5) is 0. The average molecular weight is 235 g/mol. The Morgan fingerprint density at radius 2 is 1.92 bits per heavy atom. The number of ether oxygens (including phenoxy) is 1. The predicted octanol–water partition coefficient (Wildman–Crippen LogP) is 3.62. The summed E-state index contributed by atoms with van der Waals surface area (Å²) in [5.41, 5.74) is 0. The van der Waals surface area contributed by atoms with E-state index in [1.807, 2.05) is 13.8 Å². The molecule has 0 aliphatic carbocycles. The number of rotatable bonds is 1. The van der Waals surface area contributed by atoms with Crippen LogP contribution in [0.2, 0.25) is 0 Å². The van der Waals surface area contributed by atoms with Gasteiger partial charge in [-0.1, -0.05) is 13.8 Å². The number of hydrogen-bond acceptors (Lipinski definition) is 1. The topological polar surface area (TPSA) is 9.23 Å². The van der Waals surface area contributed by atoms with Crippen molar-refractivity contribution in [2.24, 2.45) is 0 Å². The lowest BCUT2D eigenvalue weighted by Gasteiger charge is -2.00. The van der Waals surface area contributed by atoms with Crippen LogP contribution in [0.15, 0.2) is 22.7 Å². The van der Waals surface area contributed by atoms with Crippen LogP contribution in [0, 0.1) is 5.82 Å². The number of benzene rings is 1. The Labute approximate surface area is 80.7 Å². The first-order valence-corrected chi connectivity index (χ1v) is 4.52. The second-order valence-electron chi connectivity index (χ2n) is 1.78. The zero-order chi connectivity index (χ0) is 9.56.